The molecule has 1 aliphatic carbocycles. The van der Waals surface area contributed by atoms with E-state index in [-0.39, 0.29) is 0 Å². The van der Waals surface area contributed by atoms with Crippen LogP contribution in [0.25, 0.3) is 0 Å². The van der Waals surface area contributed by atoms with E-state index in [1.54, 1.807) is 0 Å². The summed E-state index contributed by atoms with van der Waals surface area (Å²) in [4.78, 5) is 2.52. The van der Waals surface area contributed by atoms with Crippen LogP contribution in [-0.4, -0.2) is 31.1 Å². The van der Waals surface area contributed by atoms with Crippen LogP contribution in [0.2, 0.25) is 0 Å². The van der Waals surface area contributed by atoms with Crippen molar-refractivity contribution < 1.29 is 4.74 Å². The monoisotopic (exact) mass is 246 g/mol. The summed E-state index contributed by atoms with van der Waals surface area (Å²) in [7, 11) is 0. The number of nitrogens with zero attached hydrogens (tertiary/aromatic N) is 1. The van der Waals surface area contributed by atoms with E-state index in [4.69, 9.17) is 10.5 Å². The molecule has 0 bridgehead atoms. The zero-order valence-electron chi connectivity index (χ0n) is 10.9. The Bertz CT molecular complexity index is 387. The lowest BCUT2D eigenvalue weighted by Crippen LogP contribution is -2.55. The predicted molar refractivity (Wildman–Crippen MR) is 73.7 cm³/mol. The van der Waals surface area contributed by atoms with E-state index >= 15 is 0 Å². The molecule has 1 saturated carbocycles. The number of likely N-dealkylation sites (tertiary alicyclic amines) is 1. The molecule has 2 N–H and O–H groups in total. The highest BCUT2D eigenvalue weighted by Gasteiger charge is 2.44. The van der Waals surface area contributed by atoms with Crippen LogP contribution < -0.4 is 10.5 Å². The molecule has 2 aliphatic rings. The van der Waals surface area contributed by atoms with Gasteiger partial charge in [0.25, 0.3) is 0 Å². The largest absolute Gasteiger partial charge is 0.492 e. The second kappa shape index (κ2) is 4.81. The van der Waals surface area contributed by atoms with Crippen molar-refractivity contribution in [2.45, 2.75) is 25.7 Å². The average Bonchev–Trinajstić information content (AvgIpc) is 2.80. The number of nitrogens with two attached hydrogens (primary N) is 1. The minimum atomic E-state index is 0.696. The van der Waals surface area contributed by atoms with Gasteiger partial charge in [-0.05, 0) is 42.5 Å². The maximum Gasteiger partial charge on any atom is 0.119 e. The minimum Gasteiger partial charge on any atom is -0.492 e. The summed E-state index contributed by atoms with van der Waals surface area (Å²) in [5.41, 5.74) is 7.12. The quantitative estimate of drug-likeness (QED) is 0.830. The topological polar surface area (TPSA) is 38.5 Å². The van der Waals surface area contributed by atoms with E-state index in [1.165, 1.54) is 38.8 Å². The van der Waals surface area contributed by atoms with E-state index in [9.17, 15) is 0 Å². The van der Waals surface area contributed by atoms with Gasteiger partial charge in [0.05, 0.1) is 0 Å². The molecule has 1 spiro atoms. The molecule has 18 heavy (non-hydrogen) atoms. The summed E-state index contributed by atoms with van der Waals surface area (Å²) in [5, 5.41) is 0. The Morgan fingerprint density at radius 1 is 1.11 bits per heavy atom. The summed E-state index contributed by atoms with van der Waals surface area (Å²) in [6, 6.07) is 7.63. The molecule has 1 aliphatic heterocycles. The smallest absolute Gasteiger partial charge is 0.119 e. The first-order valence-electron chi connectivity index (χ1n) is 6.97. The summed E-state index contributed by atoms with van der Waals surface area (Å²) >= 11 is 0. The van der Waals surface area contributed by atoms with Crippen molar-refractivity contribution >= 4 is 5.69 Å². The van der Waals surface area contributed by atoms with Crippen LogP contribution in [0.1, 0.15) is 25.7 Å². The Morgan fingerprint density at radius 2 is 1.78 bits per heavy atom. The molecular formula is C15H22N2O. The highest BCUT2D eigenvalue weighted by Crippen LogP contribution is 2.45. The van der Waals surface area contributed by atoms with Gasteiger partial charge < -0.3 is 10.5 Å². The molecule has 2 fully saturated rings. The van der Waals surface area contributed by atoms with E-state index in [0.29, 0.717) is 5.41 Å². The highest BCUT2D eigenvalue weighted by atomic mass is 16.5. The zero-order chi connectivity index (χ0) is 12.4. The molecule has 1 saturated heterocycles. The van der Waals surface area contributed by atoms with Gasteiger partial charge in [-0.15, -0.1) is 0 Å². The van der Waals surface area contributed by atoms with E-state index in [2.05, 4.69) is 4.90 Å². The molecule has 0 radical (unpaired) electrons. The first-order chi connectivity index (χ1) is 8.76. The maximum atomic E-state index is 5.72. The normalized spacial score (nSPS) is 22.0. The molecule has 3 nitrogen and oxygen atoms in total. The maximum absolute atomic E-state index is 5.72. The number of hydrogen-bond donors (Lipinski definition) is 1. The van der Waals surface area contributed by atoms with Crippen molar-refractivity contribution in [3.63, 3.8) is 0 Å². The third-order valence-electron chi connectivity index (χ3n) is 4.34. The molecule has 98 valence electrons. The van der Waals surface area contributed by atoms with Gasteiger partial charge in [-0.25, -0.2) is 0 Å². The molecule has 0 aromatic heterocycles. The average molecular weight is 246 g/mol. The molecule has 1 aromatic rings. The van der Waals surface area contributed by atoms with Crippen LogP contribution in [0.3, 0.4) is 0 Å². The van der Waals surface area contributed by atoms with E-state index in [0.717, 1.165) is 24.6 Å². The first-order valence-corrected chi connectivity index (χ1v) is 6.97. The summed E-state index contributed by atoms with van der Waals surface area (Å²) in [5.74, 6) is 0.917. The number of benzene rings is 1. The number of anilines is 1. The van der Waals surface area contributed by atoms with Crippen LogP contribution in [0.4, 0.5) is 5.69 Å². The Balaban J connectivity index is 1.37. The fourth-order valence-electron chi connectivity index (χ4n) is 3.36. The van der Waals surface area contributed by atoms with Crippen LogP contribution in [0.15, 0.2) is 24.3 Å². The fraction of sp³-hybridized carbons (Fsp3) is 0.600. The van der Waals surface area contributed by atoms with Gasteiger partial charge in [0.15, 0.2) is 0 Å². The van der Waals surface area contributed by atoms with E-state index in [1.807, 2.05) is 24.3 Å². The van der Waals surface area contributed by atoms with Crippen LogP contribution in [0.5, 0.6) is 5.75 Å². The molecular weight excluding hydrogens is 224 g/mol. The number of hydrogen-bond acceptors (Lipinski definition) is 3. The fourth-order valence-corrected chi connectivity index (χ4v) is 3.36. The molecule has 1 aromatic carbocycles. The molecule has 0 unspecified atom stereocenters. The van der Waals surface area contributed by atoms with Gasteiger partial charge in [-0.2, -0.15) is 0 Å². The van der Waals surface area contributed by atoms with Gasteiger partial charge in [0.2, 0.25) is 0 Å². The molecule has 3 rings (SSSR count). The van der Waals surface area contributed by atoms with Crippen LogP contribution >= 0.6 is 0 Å². The predicted octanol–water partition coefficient (Wildman–Crippen LogP) is 2.52. The molecule has 3 heteroatoms. The zero-order valence-corrected chi connectivity index (χ0v) is 10.9. The summed E-state index contributed by atoms with van der Waals surface area (Å²) in [6.07, 6.45) is 5.77. The third kappa shape index (κ3) is 2.46. The van der Waals surface area contributed by atoms with Gasteiger partial charge in [-0.1, -0.05) is 12.8 Å². The van der Waals surface area contributed by atoms with Crippen molar-refractivity contribution in [3.8, 4) is 5.75 Å². The third-order valence-corrected chi connectivity index (χ3v) is 4.34. The summed E-state index contributed by atoms with van der Waals surface area (Å²) in [6.45, 7) is 4.41. The number of nitrogen functional groups attached to an aromatic ring is 1. The van der Waals surface area contributed by atoms with Crippen molar-refractivity contribution in [1.29, 1.82) is 0 Å². The Labute approximate surface area is 109 Å². The second-order valence-electron chi connectivity index (χ2n) is 5.84. The lowest BCUT2D eigenvalue weighted by atomic mass is 9.78. The Kier molecular flexibility index (Phi) is 3.16. The standard InChI is InChI=1S/C15H22N2O/c16-13-3-5-14(6-4-13)18-10-9-17-11-15(12-17)7-1-2-8-15/h3-6H,1-2,7-12,16H2. The highest BCUT2D eigenvalue weighted by molar-refractivity contribution is 5.41. The van der Waals surface area contributed by atoms with Gasteiger partial charge in [-0.3, -0.25) is 4.90 Å². The van der Waals surface area contributed by atoms with E-state index < -0.39 is 0 Å². The SMILES string of the molecule is Nc1ccc(OCCN2CC3(CCCC3)C2)cc1. The lowest BCUT2D eigenvalue weighted by molar-refractivity contribution is -0.00165. The lowest BCUT2D eigenvalue weighted by Gasteiger charge is -2.48. The Hall–Kier alpha value is -1.22. The molecule has 0 amide bonds. The van der Waals surface area contributed by atoms with Gasteiger partial charge >= 0.3 is 0 Å². The molecule has 0 atom stereocenters. The van der Waals surface area contributed by atoms with Crippen molar-refractivity contribution in [3.05, 3.63) is 24.3 Å². The van der Waals surface area contributed by atoms with Crippen LogP contribution in [-0.2, 0) is 0 Å². The number of ether oxygens (including phenoxy) is 1. The van der Waals surface area contributed by atoms with Gasteiger partial charge in [0.1, 0.15) is 12.4 Å². The number of rotatable bonds is 4. The molecule has 1 heterocycles. The van der Waals surface area contributed by atoms with Crippen molar-refractivity contribution in [2.24, 2.45) is 5.41 Å². The summed E-state index contributed by atoms with van der Waals surface area (Å²) < 4.78 is 5.72. The van der Waals surface area contributed by atoms with Crippen molar-refractivity contribution in [1.82, 2.24) is 4.90 Å². The van der Waals surface area contributed by atoms with Gasteiger partial charge in [0, 0.05) is 25.3 Å². The van der Waals surface area contributed by atoms with Crippen LogP contribution in [0, 0.1) is 5.41 Å². The second-order valence-corrected chi connectivity index (χ2v) is 5.84. The first kappa shape index (κ1) is 11.8. The van der Waals surface area contributed by atoms with Crippen molar-refractivity contribution in [2.75, 3.05) is 32.0 Å². The Morgan fingerprint density at radius 3 is 2.44 bits per heavy atom. The minimum absolute atomic E-state index is 0.696.